The van der Waals surface area contributed by atoms with Crippen LogP contribution in [0.1, 0.15) is 51.5 Å². The molecule has 1 aliphatic carbocycles. The summed E-state index contributed by atoms with van der Waals surface area (Å²) in [5.41, 5.74) is 2.33. The van der Waals surface area contributed by atoms with E-state index in [4.69, 9.17) is 0 Å². The van der Waals surface area contributed by atoms with Crippen LogP contribution >= 0.6 is 11.8 Å². The van der Waals surface area contributed by atoms with Crippen LogP contribution in [0, 0.1) is 5.92 Å². The van der Waals surface area contributed by atoms with Crippen molar-refractivity contribution in [3.05, 3.63) is 36.2 Å². The van der Waals surface area contributed by atoms with E-state index in [0.717, 1.165) is 36.0 Å². The number of amides is 1. The highest BCUT2D eigenvalue weighted by Crippen LogP contribution is 2.27. The fraction of sp³-hybridized carbons (Fsp3) is 0.550. The average molecular weight is 373 g/mol. The molecule has 5 nitrogen and oxygen atoms in total. The molecule has 0 radical (unpaired) electrons. The molecule has 140 valence electrons. The number of para-hydroxylation sites is 1. The van der Waals surface area contributed by atoms with Crippen molar-refractivity contribution < 1.29 is 4.79 Å². The molecule has 1 amide bonds. The quantitative estimate of drug-likeness (QED) is 0.746. The number of rotatable bonds is 7. The van der Waals surface area contributed by atoms with Crippen LogP contribution in [0.3, 0.4) is 0 Å². The van der Waals surface area contributed by atoms with Gasteiger partial charge in [0.15, 0.2) is 5.16 Å². The molecule has 0 spiro atoms. The van der Waals surface area contributed by atoms with E-state index in [1.54, 1.807) is 6.33 Å². The second-order valence-corrected chi connectivity index (χ2v) is 7.89. The van der Waals surface area contributed by atoms with Crippen LogP contribution in [0.4, 0.5) is 0 Å². The van der Waals surface area contributed by atoms with Gasteiger partial charge in [0.05, 0.1) is 11.4 Å². The number of carbonyl (C=O) groups is 1. The Bertz CT molecular complexity index is 722. The van der Waals surface area contributed by atoms with Gasteiger partial charge < -0.3 is 5.32 Å². The summed E-state index contributed by atoms with van der Waals surface area (Å²) in [6, 6.07) is 8.58. The Hall–Kier alpha value is -1.82. The number of thioether (sulfide) groups is 1. The van der Waals surface area contributed by atoms with Crippen molar-refractivity contribution in [3.8, 4) is 5.69 Å². The number of hydrogen-bond donors (Lipinski definition) is 1. The van der Waals surface area contributed by atoms with Gasteiger partial charge in [0.25, 0.3) is 0 Å². The first-order chi connectivity index (χ1) is 12.7. The number of aromatic nitrogens is 3. The molecular formula is C20H28N4OS. The summed E-state index contributed by atoms with van der Waals surface area (Å²) in [5, 5.41) is 12.2. The second kappa shape index (κ2) is 9.21. The topological polar surface area (TPSA) is 59.8 Å². The molecule has 1 fully saturated rings. The molecule has 1 aromatic carbocycles. The minimum Gasteiger partial charge on any atom is -0.353 e. The van der Waals surface area contributed by atoms with E-state index < -0.39 is 0 Å². The molecule has 0 unspecified atom stereocenters. The van der Waals surface area contributed by atoms with Crippen LogP contribution in [-0.4, -0.2) is 32.5 Å². The van der Waals surface area contributed by atoms with Gasteiger partial charge in [0.1, 0.15) is 6.33 Å². The number of aryl methyl sites for hydroxylation is 1. The summed E-state index contributed by atoms with van der Waals surface area (Å²) in [5.74, 6) is 1.31. The summed E-state index contributed by atoms with van der Waals surface area (Å²) in [7, 11) is 0. The lowest BCUT2D eigenvalue weighted by Gasteiger charge is -2.28. The largest absolute Gasteiger partial charge is 0.353 e. The van der Waals surface area contributed by atoms with Crippen LogP contribution < -0.4 is 5.32 Å². The molecule has 1 aromatic heterocycles. The molecule has 1 N–H and O–H groups in total. The average Bonchev–Trinajstić information content (AvgIpc) is 3.15. The highest BCUT2D eigenvalue weighted by atomic mass is 32.2. The Balaban J connectivity index is 1.56. The Labute approximate surface area is 160 Å². The molecule has 2 aromatic rings. The van der Waals surface area contributed by atoms with E-state index in [-0.39, 0.29) is 5.91 Å². The fourth-order valence-electron chi connectivity index (χ4n) is 3.65. The van der Waals surface area contributed by atoms with Crippen molar-refractivity contribution in [2.24, 2.45) is 5.92 Å². The van der Waals surface area contributed by atoms with Crippen molar-refractivity contribution in [3.63, 3.8) is 0 Å². The summed E-state index contributed by atoms with van der Waals surface area (Å²) in [6.07, 6.45) is 8.60. The molecule has 26 heavy (non-hydrogen) atoms. The van der Waals surface area contributed by atoms with Crippen molar-refractivity contribution in [1.29, 1.82) is 0 Å². The summed E-state index contributed by atoms with van der Waals surface area (Å²) in [4.78, 5) is 12.3. The number of nitrogens with zero attached hydrogens (tertiary/aromatic N) is 3. The van der Waals surface area contributed by atoms with Gasteiger partial charge in [-0.2, -0.15) is 0 Å². The molecule has 0 bridgehead atoms. The lowest BCUT2D eigenvalue weighted by Crippen LogP contribution is -2.38. The first-order valence-electron chi connectivity index (χ1n) is 9.61. The second-order valence-electron chi connectivity index (χ2n) is 6.95. The Morgan fingerprint density at radius 1 is 1.23 bits per heavy atom. The van der Waals surface area contributed by atoms with Gasteiger partial charge in [-0.05, 0) is 49.7 Å². The fourth-order valence-corrected chi connectivity index (χ4v) is 4.38. The number of benzene rings is 1. The zero-order chi connectivity index (χ0) is 18.4. The van der Waals surface area contributed by atoms with Crippen LogP contribution in [-0.2, 0) is 11.2 Å². The third-order valence-electron chi connectivity index (χ3n) is 5.27. The van der Waals surface area contributed by atoms with Crippen molar-refractivity contribution >= 4 is 17.7 Å². The van der Waals surface area contributed by atoms with Crippen LogP contribution in [0.25, 0.3) is 5.69 Å². The van der Waals surface area contributed by atoms with Gasteiger partial charge in [0.2, 0.25) is 5.91 Å². The van der Waals surface area contributed by atoms with E-state index in [2.05, 4.69) is 41.5 Å². The summed E-state index contributed by atoms with van der Waals surface area (Å²) < 4.78 is 1.98. The predicted molar refractivity (Wildman–Crippen MR) is 106 cm³/mol. The van der Waals surface area contributed by atoms with E-state index in [9.17, 15) is 4.79 Å². The normalized spacial score (nSPS) is 20.1. The van der Waals surface area contributed by atoms with Gasteiger partial charge in [-0.25, -0.2) is 0 Å². The molecule has 1 aliphatic rings. The van der Waals surface area contributed by atoms with E-state index >= 15 is 0 Å². The predicted octanol–water partition coefficient (Wildman–Crippen LogP) is 4.01. The van der Waals surface area contributed by atoms with Crippen molar-refractivity contribution in [1.82, 2.24) is 20.1 Å². The van der Waals surface area contributed by atoms with Crippen molar-refractivity contribution in [2.45, 2.75) is 63.6 Å². The van der Waals surface area contributed by atoms with Gasteiger partial charge in [-0.15, -0.1) is 10.2 Å². The monoisotopic (exact) mass is 372 g/mol. The van der Waals surface area contributed by atoms with E-state index in [0.29, 0.717) is 11.8 Å². The Morgan fingerprint density at radius 2 is 2.00 bits per heavy atom. The first kappa shape index (κ1) is 19.0. The summed E-state index contributed by atoms with van der Waals surface area (Å²) in [6.45, 7) is 4.39. The maximum absolute atomic E-state index is 12.3. The number of carbonyl (C=O) groups excluding carboxylic acids is 1. The molecule has 1 heterocycles. The molecular weight excluding hydrogens is 344 g/mol. The van der Waals surface area contributed by atoms with Gasteiger partial charge in [-0.1, -0.05) is 50.2 Å². The number of hydrogen-bond acceptors (Lipinski definition) is 4. The SMILES string of the molecule is CCc1ccccc1-n1cnnc1SCC(=O)NC1CCC(CC)CC1. The highest BCUT2D eigenvalue weighted by Gasteiger charge is 2.21. The highest BCUT2D eigenvalue weighted by molar-refractivity contribution is 7.99. The maximum atomic E-state index is 12.3. The smallest absolute Gasteiger partial charge is 0.230 e. The number of nitrogens with one attached hydrogen (secondary N) is 1. The molecule has 0 aliphatic heterocycles. The molecule has 3 rings (SSSR count). The standard InChI is InChI=1S/C20H28N4OS/c1-3-15-9-11-17(12-10-15)22-19(25)13-26-20-23-21-14-24(20)18-8-6-5-7-16(18)4-2/h5-8,14-15,17H,3-4,9-13H2,1-2H3,(H,22,25). The van der Waals surface area contributed by atoms with Gasteiger partial charge in [0, 0.05) is 6.04 Å². The lowest BCUT2D eigenvalue weighted by atomic mass is 9.84. The maximum Gasteiger partial charge on any atom is 0.230 e. The minimum absolute atomic E-state index is 0.0910. The third-order valence-corrected chi connectivity index (χ3v) is 6.21. The van der Waals surface area contributed by atoms with Crippen LogP contribution in [0.15, 0.2) is 35.7 Å². The molecule has 0 atom stereocenters. The van der Waals surface area contributed by atoms with Crippen molar-refractivity contribution in [2.75, 3.05) is 5.75 Å². The molecule has 6 heteroatoms. The minimum atomic E-state index is 0.0910. The summed E-state index contributed by atoms with van der Waals surface area (Å²) >= 11 is 1.45. The Kier molecular flexibility index (Phi) is 6.72. The van der Waals surface area contributed by atoms with E-state index in [1.807, 2.05) is 16.7 Å². The van der Waals surface area contributed by atoms with E-state index in [1.165, 1.54) is 36.6 Å². The third kappa shape index (κ3) is 4.67. The zero-order valence-corrected chi connectivity index (χ0v) is 16.5. The van der Waals surface area contributed by atoms with Gasteiger partial charge in [-0.3, -0.25) is 9.36 Å². The lowest BCUT2D eigenvalue weighted by molar-refractivity contribution is -0.119. The molecule has 1 saturated carbocycles. The van der Waals surface area contributed by atoms with Crippen LogP contribution in [0.5, 0.6) is 0 Å². The van der Waals surface area contributed by atoms with Crippen LogP contribution in [0.2, 0.25) is 0 Å². The molecule has 0 saturated heterocycles. The zero-order valence-electron chi connectivity index (χ0n) is 15.6. The Morgan fingerprint density at radius 3 is 2.73 bits per heavy atom. The first-order valence-corrected chi connectivity index (χ1v) is 10.6. The van der Waals surface area contributed by atoms with Gasteiger partial charge >= 0.3 is 0 Å².